The molecule has 0 bridgehead atoms. The number of amides is 1. The number of rotatable bonds is 3. The Kier molecular flexibility index (Phi) is 4.19. The predicted molar refractivity (Wildman–Crippen MR) is 75.0 cm³/mol. The molecule has 1 aromatic carbocycles. The van der Waals surface area contributed by atoms with Gasteiger partial charge in [0, 0.05) is 45.7 Å². The minimum atomic E-state index is -0.466. The van der Waals surface area contributed by atoms with Crippen LogP contribution in [0.5, 0.6) is 0 Å². The van der Waals surface area contributed by atoms with Crippen LogP contribution < -0.4 is 5.73 Å². The van der Waals surface area contributed by atoms with Crippen LogP contribution in [-0.2, 0) is 11.3 Å². The van der Waals surface area contributed by atoms with Gasteiger partial charge in [-0.3, -0.25) is 19.8 Å². The number of anilines is 1. The number of nitro groups is 1. The van der Waals surface area contributed by atoms with Gasteiger partial charge in [-0.15, -0.1) is 0 Å². The summed E-state index contributed by atoms with van der Waals surface area (Å²) in [6.07, 6.45) is 0. The van der Waals surface area contributed by atoms with Crippen molar-refractivity contribution >= 4 is 17.3 Å². The summed E-state index contributed by atoms with van der Waals surface area (Å²) in [6.45, 7) is 5.01. The van der Waals surface area contributed by atoms with E-state index in [1.807, 2.05) is 0 Å². The lowest BCUT2D eigenvalue weighted by Gasteiger charge is -2.34. The molecule has 20 heavy (non-hydrogen) atoms. The third kappa shape index (κ3) is 3.05. The van der Waals surface area contributed by atoms with Crippen LogP contribution in [-0.4, -0.2) is 46.8 Å². The minimum absolute atomic E-state index is 0.0510. The number of para-hydroxylation sites is 1. The predicted octanol–water partition coefficient (Wildman–Crippen LogP) is 0.841. The summed E-state index contributed by atoms with van der Waals surface area (Å²) in [4.78, 5) is 25.6. The molecule has 108 valence electrons. The highest BCUT2D eigenvalue weighted by molar-refractivity contribution is 5.73. The molecular formula is C13H18N4O3. The molecule has 0 aromatic heterocycles. The standard InChI is InChI=1S/C13H18N4O3/c1-10(18)16-7-5-15(6-8-16)9-11-3-2-4-12(13(11)14)17(19)20/h2-4H,5-9,14H2,1H3. The largest absolute Gasteiger partial charge is 0.393 e. The topological polar surface area (TPSA) is 92.7 Å². The molecule has 1 aromatic rings. The number of piperazine rings is 1. The Morgan fingerprint density at radius 1 is 1.35 bits per heavy atom. The van der Waals surface area contributed by atoms with Gasteiger partial charge in [0.15, 0.2) is 0 Å². The maximum atomic E-state index is 11.2. The first-order chi connectivity index (χ1) is 9.49. The summed E-state index contributed by atoms with van der Waals surface area (Å²) < 4.78 is 0. The van der Waals surface area contributed by atoms with E-state index in [4.69, 9.17) is 5.73 Å². The van der Waals surface area contributed by atoms with Crippen LogP contribution in [0.1, 0.15) is 12.5 Å². The summed E-state index contributed by atoms with van der Waals surface area (Å²) >= 11 is 0. The number of nitro benzene ring substituents is 1. The number of nitrogen functional groups attached to an aromatic ring is 1. The average molecular weight is 278 g/mol. The highest BCUT2D eigenvalue weighted by atomic mass is 16.6. The lowest BCUT2D eigenvalue weighted by Crippen LogP contribution is -2.47. The molecule has 7 nitrogen and oxygen atoms in total. The van der Waals surface area contributed by atoms with Crippen molar-refractivity contribution in [2.75, 3.05) is 31.9 Å². The van der Waals surface area contributed by atoms with Crippen molar-refractivity contribution in [3.8, 4) is 0 Å². The van der Waals surface area contributed by atoms with Gasteiger partial charge in [0.05, 0.1) is 4.92 Å². The van der Waals surface area contributed by atoms with Gasteiger partial charge in [0.1, 0.15) is 5.69 Å². The zero-order chi connectivity index (χ0) is 14.7. The van der Waals surface area contributed by atoms with E-state index in [9.17, 15) is 14.9 Å². The summed E-state index contributed by atoms with van der Waals surface area (Å²) in [6, 6.07) is 4.86. The fraction of sp³-hybridized carbons (Fsp3) is 0.462. The first-order valence-electron chi connectivity index (χ1n) is 6.48. The normalized spacial score (nSPS) is 16.1. The van der Waals surface area contributed by atoms with Gasteiger partial charge >= 0.3 is 0 Å². The Balaban J connectivity index is 2.03. The van der Waals surface area contributed by atoms with E-state index in [2.05, 4.69) is 4.90 Å². The molecule has 2 N–H and O–H groups in total. The van der Waals surface area contributed by atoms with Gasteiger partial charge in [0.2, 0.25) is 5.91 Å². The van der Waals surface area contributed by atoms with Crippen LogP contribution in [0, 0.1) is 10.1 Å². The molecule has 1 amide bonds. The first-order valence-corrected chi connectivity index (χ1v) is 6.48. The number of nitrogens with zero attached hydrogens (tertiary/aromatic N) is 3. The Hall–Kier alpha value is -2.15. The molecular weight excluding hydrogens is 260 g/mol. The number of hydrogen-bond donors (Lipinski definition) is 1. The lowest BCUT2D eigenvalue weighted by molar-refractivity contribution is -0.384. The molecule has 0 saturated carbocycles. The number of carbonyl (C=O) groups excluding carboxylic acids is 1. The highest BCUT2D eigenvalue weighted by Crippen LogP contribution is 2.26. The van der Waals surface area contributed by atoms with Gasteiger partial charge in [0.25, 0.3) is 5.69 Å². The van der Waals surface area contributed by atoms with E-state index in [0.717, 1.165) is 18.7 Å². The maximum absolute atomic E-state index is 11.2. The second-order valence-electron chi connectivity index (χ2n) is 4.89. The Bertz CT molecular complexity index is 524. The molecule has 0 radical (unpaired) electrons. The van der Waals surface area contributed by atoms with Crippen molar-refractivity contribution in [3.63, 3.8) is 0 Å². The molecule has 0 aliphatic carbocycles. The van der Waals surface area contributed by atoms with Crippen LogP contribution in [0.15, 0.2) is 18.2 Å². The molecule has 1 aliphatic rings. The van der Waals surface area contributed by atoms with Gasteiger partial charge in [-0.1, -0.05) is 12.1 Å². The smallest absolute Gasteiger partial charge is 0.292 e. The molecule has 7 heteroatoms. The molecule has 0 unspecified atom stereocenters. The third-order valence-electron chi connectivity index (χ3n) is 3.58. The Morgan fingerprint density at radius 3 is 2.55 bits per heavy atom. The number of nitrogens with two attached hydrogens (primary N) is 1. The van der Waals surface area contributed by atoms with E-state index in [-0.39, 0.29) is 17.3 Å². The molecule has 0 spiro atoms. The highest BCUT2D eigenvalue weighted by Gasteiger charge is 2.21. The van der Waals surface area contributed by atoms with Crippen molar-refractivity contribution in [2.45, 2.75) is 13.5 Å². The van der Waals surface area contributed by atoms with Gasteiger partial charge in [-0.05, 0) is 5.56 Å². The van der Waals surface area contributed by atoms with Crippen LogP contribution in [0.3, 0.4) is 0 Å². The zero-order valence-electron chi connectivity index (χ0n) is 11.4. The Morgan fingerprint density at radius 2 is 2.00 bits per heavy atom. The summed E-state index contributed by atoms with van der Waals surface area (Å²) in [7, 11) is 0. The second-order valence-corrected chi connectivity index (χ2v) is 4.89. The zero-order valence-corrected chi connectivity index (χ0v) is 11.4. The van der Waals surface area contributed by atoms with Crippen molar-refractivity contribution < 1.29 is 9.72 Å². The van der Waals surface area contributed by atoms with Crippen molar-refractivity contribution in [3.05, 3.63) is 33.9 Å². The van der Waals surface area contributed by atoms with Gasteiger partial charge in [-0.25, -0.2) is 0 Å². The first kappa shape index (κ1) is 14.3. The Labute approximate surface area is 117 Å². The molecule has 1 saturated heterocycles. The SMILES string of the molecule is CC(=O)N1CCN(Cc2cccc([N+](=O)[O-])c2N)CC1. The van der Waals surface area contributed by atoms with E-state index >= 15 is 0 Å². The summed E-state index contributed by atoms with van der Waals surface area (Å²) in [5.74, 6) is 0.0829. The van der Waals surface area contributed by atoms with Crippen molar-refractivity contribution in [2.24, 2.45) is 0 Å². The maximum Gasteiger partial charge on any atom is 0.292 e. The summed E-state index contributed by atoms with van der Waals surface area (Å²) in [5, 5.41) is 10.9. The second kappa shape index (κ2) is 5.87. The van der Waals surface area contributed by atoms with Crippen LogP contribution >= 0.6 is 0 Å². The molecule has 2 rings (SSSR count). The van der Waals surface area contributed by atoms with Gasteiger partial charge < -0.3 is 10.6 Å². The molecule has 0 atom stereocenters. The van der Waals surface area contributed by atoms with Crippen LogP contribution in [0.2, 0.25) is 0 Å². The van der Waals surface area contributed by atoms with E-state index in [1.54, 1.807) is 24.0 Å². The fourth-order valence-corrected chi connectivity index (χ4v) is 2.36. The van der Waals surface area contributed by atoms with Gasteiger partial charge in [-0.2, -0.15) is 0 Å². The number of carbonyl (C=O) groups is 1. The van der Waals surface area contributed by atoms with E-state index in [0.29, 0.717) is 19.6 Å². The molecule has 1 heterocycles. The van der Waals surface area contributed by atoms with E-state index in [1.165, 1.54) is 6.07 Å². The monoisotopic (exact) mass is 278 g/mol. The van der Waals surface area contributed by atoms with Crippen LogP contribution in [0.4, 0.5) is 11.4 Å². The minimum Gasteiger partial charge on any atom is -0.393 e. The number of benzene rings is 1. The molecule has 1 fully saturated rings. The lowest BCUT2D eigenvalue weighted by atomic mass is 10.1. The van der Waals surface area contributed by atoms with E-state index < -0.39 is 4.92 Å². The number of hydrogen-bond acceptors (Lipinski definition) is 5. The molecule has 1 aliphatic heterocycles. The summed E-state index contributed by atoms with van der Waals surface area (Å²) in [5.41, 5.74) is 6.78. The average Bonchev–Trinajstić information content (AvgIpc) is 2.41. The van der Waals surface area contributed by atoms with Crippen molar-refractivity contribution in [1.29, 1.82) is 0 Å². The van der Waals surface area contributed by atoms with Crippen LogP contribution in [0.25, 0.3) is 0 Å². The van der Waals surface area contributed by atoms with Crippen molar-refractivity contribution in [1.82, 2.24) is 9.80 Å². The quantitative estimate of drug-likeness (QED) is 0.502. The fourth-order valence-electron chi connectivity index (χ4n) is 2.36. The third-order valence-corrected chi connectivity index (χ3v) is 3.58.